The van der Waals surface area contributed by atoms with Crippen LogP contribution < -0.4 is 10.1 Å². The third kappa shape index (κ3) is 4.82. The molecule has 2 aromatic rings. The molecule has 24 heavy (non-hydrogen) atoms. The highest BCUT2D eigenvalue weighted by Gasteiger charge is 2.15. The number of carboxylic acids is 1. The maximum Gasteiger partial charge on any atom is 0.336 e. The average Bonchev–Trinajstić information content (AvgIpc) is 2.60. The molecule has 1 amide bonds. The van der Waals surface area contributed by atoms with Crippen LogP contribution in [0.15, 0.2) is 48.5 Å². The van der Waals surface area contributed by atoms with Gasteiger partial charge in [0.2, 0.25) is 0 Å². The van der Waals surface area contributed by atoms with Crippen LogP contribution in [-0.2, 0) is 4.74 Å². The molecule has 0 saturated heterocycles. The van der Waals surface area contributed by atoms with Crippen LogP contribution in [0, 0.1) is 0 Å². The summed E-state index contributed by atoms with van der Waals surface area (Å²) in [5, 5.41) is 11.8. The molecule has 2 aromatic carbocycles. The van der Waals surface area contributed by atoms with Gasteiger partial charge in [0.25, 0.3) is 5.91 Å². The molecule has 0 fully saturated rings. The van der Waals surface area contributed by atoms with Crippen LogP contribution in [0.3, 0.4) is 0 Å². The molecular weight excluding hydrogens is 310 g/mol. The number of benzene rings is 2. The lowest BCUT2D eigenvalue weighted by Gasteiger charge is -2.09. The number of hydrogen-bond acceptors (Lipinski definition) is 4. The van der Waals surface area contributed by atoms with Gasteiger partial charge in [-0.15, -0.1) is 0 Å². The molecule has 0 aliphatic carbocycles. The Hall–Kier alpha value is -2.86. The first-order valence-corrected chi connectivity index (χ1v) is 7.56. The first-order chi connectivity index (χ1) is 11.6. The Balaban J connectivity index is 1.98. The Kier molecular flexibility index (Phi) is 6.33. The predicted molar refractivity (Wildman–Crippen MR) is 89.8 cm³/mol. The van der Waals surface area contributed by atoms with Gasteiger partial charge >= 0.3 is 5.97 Å². The molecule has 6 heteroatoms. The van der Waals surface area contributed by atoms with Crippen LogP contribution in [0.4, 0.5) is 5.69 Å². The van der Waals surface area contributed by atoms with Crippen LogP contribution in [0.25, 0.3) is 0 Å². The number of ether oxygens (including phenoxy) is 2. The third-order valence-corrected chi connectivity index (χ3v) is 3.21. The molecule has 0 aliphatic heterocycles. The van der Waals surface area contributed by atoms with Crippen LogP contribution in [0.2, 0.25) is 0 Å². The number of hydrogen-bond donors (Lipinski definition) is 2. The van der Waals surface area contributed by atoms with Gasteiger partial charge in [-0.2, -0.15) is 0 Å². The number of aromatic carboxylic acids is 1. The van der Waals surface area contributed by atoms with Crippen molar-refractivity contribution in [3.8, 4) is 5.75 Å². The van der Waals surface area contributed by atoms with Crippen molar-refractivity contribution >= 4 is 17.6 Å². The lowest BCUT2D eigenvalue weighted by Crippen LogP contribution is -2.16. The van der Waals surface area contributed by atoms with E-state index in [4.69, 9.17) is 14.6 Å². The van der Waals surface area contributed by atoms with Crippen molar-refractivity contribution in [2.75, 3.05) is 25.1 Å². The highest BCUT2D eigenvalue weighted by atomic mass is 16.5. The van der Waals surface area contributed by atoms with Gasteiger partial charge in [-0.3, -0.25) is 4.79 Å². The Bertz CT molecular complexity index is 697. The number of carbonyl (C=O) groups excluding carboxylic acids is 1. The molecule has 0 saturated carbocycles. The second kappa shape index (κ2) is 8.69. The van der Waals surface area contributed by atoms with Crippen LogP contribution >= 0.6 is 0 Å². The number of carboxylic acid groups (broad SMARTS) is 1. The Morgan fingerprint density at radius 2 is 1.67 bits per heavy atom. The van der Waals surface area contributed by atoms with Gasteiger partial charge in [0.05, 0.1) is 17.7 Å². The Labute approximate surface area is 140 Å². The fourth-order valence-electron chi connectivity index (χ4n) is 2.06. The molecule has 0 radical (unpaired) electrons. The SMILES string of the molecule is CCOCCOc1ccc(NC(=O)c2ccccc2C(=O)O)cc1. The van der Waals surface area contributed by atoms with Gasteiger partial charge in [-0.25, -0.2) is 4.79 Å². The normalized spacial score (nSPS) is 10.2. The molecule has 0 atom stereocenters. The van der Waals surface area contributed by atoms with E-state index in [-0.39, 0.29) is 11.1 Å². The zero-order valence-corrected chi connectivity index (χ0v) is 13.3. The van der Waals surface area contributed by atoms with Crippen LogP contribution in [0.1, 0.15) is 27.6 Å². The summed E-state index contributed by atoms with van der Waals surface area (Å²) in [4.78, 5) is 23.4. The van der Waals surface area contributed by atoms with Gasteiger partial charge in [0, 0.05) is 12.3 Å². The summed E-state index contributed by atoms with van der Waals surface area (Å²) < 4.78 is 10.7. The molecule has 0 unspecified atom stereocenters. The molecule has 126 valence electrons. The summed E-state index contributed by atoms with van der Waals surface area (Å²) in [7, 11) is 0. The van der Waals surface area contributed by atoms with Crippen molar-refractivity contribution in [3.05, 3.63) is 59.7 Å². The predicted octanol–water partition coefficient (Wildman–Crippen LogP) is 3.05. The van der Waals surface area contributed by atoms with Crippen molar-refractivity contribution in [1.29, 1.82) is 0 Å². The van der Waals surface area contributed by atoms with E-state index in [2.05, 4.69) is 5.32 Å². The summed E-state index contributed by atoms with van der Waals surface area (Å²) in [5.41, 5.74) is 0.630. The monoisotopic (exact) mass is 329 g/mol. The number of rotatable bonds is 8. The van der Waals surface area contributed by atoms with E-state index in [1.165, 1.54) is 12.1 Å². The fraction of sp³-hybridized carbons (Fsp3) is 0.222. The quantitative estimate of drug-likeness (QED) is 0.727. The standard InChI is InChI=1S/C18H19NO5/c1-2-23-11-12-24-14-9-7-13(8-10-14)19-17(20)15-5-3-4-6-16(15)18(21)22/h3-10H,2,11-12H2,1H3,(H,19,20)(H,21,22). The Morgan fingerprint density at radius 1 is 1.00 bits per heavy atom. The summed E-state index contributed by atoms with van der Waals surface area (Å²) >= 11 is 0. The molecule has 2 N–H and O–H groups in total. The molecule has 0 aliphatic rings. The summed E-state index contributed by atoms with van der Waals surface area (Å²) in [6.45, 7) is 3.53. The van der Waals surface area contributed by atoms with E-state index in [0.29, 0.717) is 31.3 Å². The minimum Gasteiger partial charge on any atom is -0.491 e. The van der Waals surface area contributed by atoms with Crippen molar-refractivity contribution in [2.45, 2.75) is 6.92 Å². The zero-order valence-electron chi connectivity index (χ0n) is 13.3. The van der Waals surface area contributed by atoms with E-state index >= 15 is 0 Å². The summed E-state index contributed by atoms with van der Waals surface area (Å²) in [5.74, 6) is -0.949. The lowest BCUT2D eigenvalue weighted by atomic mass is 10.1. The minimum atomic E-state index is -1.14. The van der Waals surface area contributed by atoms with E-state index < -0.39 is 11.9 Å². The smallest absolute Gasteiger partial charge is 0.336 e. The molecule has 0 aromatic heterocycles. The maximum atomic E-state index is 12.2. The molecule has 0 spiro atoms. The first-order valence-electron chi connectivity index (χ1n) is 7.56. The second-order valence-electron chi connectivity index (χ2n) is 4.87. The molecule has 0 heterocycles. The summed E-state index contributed by atoms with van der Waals surface area (Å²) in [6, 6.07) is 12.9. The molecule has 6 nitrogen and oxygen atoms in total. The van der Waals surface area contributed by atoms with Gasteiger partial charge < -0.3 is 19.9 Å². The van der Waals surface area contributed by atoms with Crippen molar-refractivity contribution in [3.63, 3.8) is 0 Å². The van der Waals surface area contributed by atoms with E-state index in [0.717, 1.165) is 0 Å². The van der Waals surface area contributed by atoms with Crippen LogP contribution in [0.5, 0.6) is 5.75 Å². The van der Waals surface area contributed by atoms with E-state index in [1.807, 2.05) is 6.92 Å². The molecule has 0 bridgehead atoms. The van der Waals surface area contributed by atoms with Gasteiger partial charge in [-0.05, 0) is 43.3 Å². The lowest BCUT2D eigenvalue weighted by molar-refractivity contribution is 0.0692. The van der Waals surface area contributed by atoms with Crippen LogP contribution in [-0.4, -0.2) is 36.8 Å². The van der Waals surface area contributed by atoms with E-state index in [9.17, 15) is 9.59 Å². The van der Waals surface area contributed by atoms with Gasteiger partial charge in [0.1, 0.15) is 12.4 Å². The number of carbonyl (C=O) groups is 2. The zero-order chi connectivity index (χ0) is 17.4. The van der Waals surface area contributed by atoms with Gasteiger partial charge in [0.15, 0.2) is 0 Å². The largest absolute Gasteiger partial charge is 0.491 e. The van der Waals surface area contributed by atoms with Crippen molar-refractivity contribution in [1.82, 2.24) is 0 Å². The fourth-order valence-corrected chi connectivity index (χ4v) is 2.06. The first kappa shape index (κ1) is 17.5. The van der Waals surface area contributed by atoms with Gasteiger partial charge in [-0.1, -0.05) is 12.1 Å². The molecule has 2 rings (SSSR count). The number of nitrogens with one attached hydrogen (secondary N) is 1. The minimum absolute atomic E-state index is 0.0362. The molecular formula is C18H19NO5. The topological polar surface area (TPSA) is 84.9 Å². The highest BCUT2D eigenvalue weighted by Crippen LogP contribution is 2.17. The van der Waals surface area contributed by atoms with Crippen molar-refractivity contribution < 1.29 is 24.2 Å². The summed E-state index contributed by atoms with van der Waals surface area (Å²) in [6.07, 6.45) is 0. The van der Waals surface area contributed by atoms with E-state index in [1.54, 1.807) is 36.4 Å². The maximum absolute atomic E-state index is 12.2. The second-order valence-corrected chi connectivity index (χ2v) is 4.87. The Morgan fingerprint density at radius 3 is 2.29 bits per heavy atom. The third-order valence-electron chi connectivity index (χ3n) is 3.21. The average molecular weight is 329 g/mol. The number of anilines is 1. The number of amides is 1. The van der Waals surface area contributed by atoms with Crippen molar-refractivity contribution in [2.24, 2.45) is 0 Å². The highest BCUT2D eigenvalue weighted by molar-refractivity contribution is 6.10.